The van der Waals surface area contributed by atoms with E-state index in [0.717, 1.165) is 12.5 Å². The number of carbonyl (C=O) groups excluding carboxylic acids is 1. The third-order valence-electron chi connectivity index (χ3n) is 8.29. The summed E-state index contributed by atoms with van der Waals surface area (Å²) in [4.78, 5) is 33.3. The van der Waals surface area contributed by atoms with Crippen molar-refractivity contribution in [3.05, 3.63) is 63.8 Å². The van der Waals surface area contributed by atoms with Gasteiger partial charge in [0.2, 0.25) is 0 Å². The van der Waals surface area contributed by atoms with Gasteiger partial charge in [-0.05, 0) is 51.8 Å². The molecule has 0 spiro atoms. The molecule has 262 valence electrons. The van der Waals surface area contributed by atoms with Crippen molar-refractivity contribution in [1.82, 2.24) is 24.2 Å². The minimum Gasteiger partial charge on any atom is -0.486 e. The molecule has 0 saturated carbocycles. The summed E-state index contributed by atoms with van der Waals surface area (Å²) in [7, 11) is -1.38. The van der Waals surface area contributed by atoms with Crippen molar-refractivity contribution in [3.63, 3.8) is 0 Å². The van der Waals surface area contributed by atoms with Crippen molar-refractivity contribution in [2.24, 2.45) is 0 Å². The number of carbonyl (C=O) groups is 1. The van der Waals surface area contributed by atoms with Crippen LogP contribution in [0.2, 0.25) is 25.7 Å². The fourth-order valence-electron chi connectivity index (χ4n) is 5.87. The molecule has 0 aliphatic carbocycles. The molecule has 1 saturated heterocycles. The fourth-order valence-corrected chi connectivity index (χ4v) is 6.63. The van der Waals surface area contributed by atoms with Gasteiger partial charge >= 0.3 is 6.09 Å². The number of likely N-dealkylation sites (tertiary alicyclic amines) is 1. The summed E-state index contributed by atoms with van der Waals surface area (Å²) >= 11 is 0. The lowest BCUT2D eigenvalue weighted by atomic mass is 10.1. The number of hydrogen-bond acceptors (Lipinski definition) is 8. The Bertz CT molecular complexity index is 1920. The molecular formula is C35H44F2N6O5Si. The number of fused-ring (bicyclic) bond motifs is 2. The first-order chi connectivity index (χ1) is 23.1. The fraction of sp³-hybridized carbons (Fsp3) is 0.514. The Morgan fingerprint density at radius 1 is 1.16 bits per heavy atom. The highest BCUT2D eigenvalue weighted by atomic mass is 28.3. The largest absolute Gasteiger partial charge is 0.486 e. The zero-order chi connectivity index (χ0) is 35.5. The Balaban J connectivity index is 1.54. The average molecular weight is 695 g/mol. The van der Waals surface area contributed by atoms with Crippen LogP contribution in [0, 0.1) is 11.3 Å². The monoisotopic (exact) mass is 694 g/mol. The molecule has 2 aromatic heterocycles. The minimum absolute atomic E-state index is 0.0226. The molecule has 1 atom stereocenters. The number of nitriles is 1. The first kappa shape index (κ1) is 35.9. The number of nitrogens with zero attached hydrogens (tertiary/aromatic N) is 6. The van der Waals surface area contributed by atoms with Crippen LogP contribution in [0.5, 0.6) is 5.75 Å². The second-order valence-electron chi connectivity index (χ2n) is 14.6. The van der Waals surface area contributed by atoms with E-state index in [1.165, 1.54) is 10.7 Å². The van der Waals surface area contributed by atoms with Gasteiger partial charge < -0.3 is 23.7 Å². The highest BCUT2D eigenvalue weighted by molar-refractivity contribution is 6.76. The van der Waals surface area contributed by atoms with Gasteiger partial charge in [0.1, 0.15) is 36.6 Å². The van der Waals surface area contributed by atoms with Crippen LogP contribution in [0.4, 0.5) is 13.6 Å². The normalized spacial score (nSPS) is 15.3. The summed E-state index contributed by atoms with van der Waals surface area (Å²) in [5, 5.41) is 15.8. The summed E-state index contributed by atoms with van der Waals surface area (Å²) in [6.45, 7) is 12.8. The van der Waals surface area contributed by atoms with Gasteiger partial charge in [-0.15, -0.1) is 0 Å². The topological polar surface area (TPSA) is 125 Å². The maximum Gasteiger partial charge on any atom is 0.410 e. The predicted molar refractivity (Wildman–Crippen MR) is 185 cm³/mol. The van der Waals surface area contributed by atoms with Crippen LogP contribution in [0.25, 0.3) is 21.8 Å². The molecule has 14 heteroatoms. The molecule has 5 rings (SSSR count). The number of amides is 1. The molecule has 3 heterocycles. The lowest BCUT2D eigenvalue weighted by Gasteiger charge is -2.28. The molecule has 1 amide bonds. The van der Waals surface area contributed by atoms with E-state index in [1.807, 2.05) is 43.5 Å². The van der Waals surface area contributed by atoms with Crippen LogP contribution >= 0.6 is 0 Å². The van der Waals surface area contributed by atoms with Gasteiger partial charge in [0.05, 0.1) is 46.7 Å². The number of hydrogen-bond donors (Lipinski definition) is 0. The van der Waals surface area contributed by atoms with Gasteiger partial charge in [0, 0.05) is 32.7 Å². The van der Waals surface area contributed by atoms with Crippen molar-refractivity contribution in [2.45, 2.75) is 97.1 Å². The first-order valence-electron chi connectivity index (χ1n) is 16.5. The maximum absolute atomic E-state index is 13.7. The Morgan fingerprint density at radius 3 is 2.57 bits per heavy atom. The first-order valence-corrected chi connectivity index (χ1v) is 20.2. The number of rotatable bonds is 12. The van der Waals surface area contributed by atoms with Gasteiger partial charge in [-0.25, -0.2) is 23.2 Å². The van der Waals surface area contributed by atoms with Crippen LogP contribution in [0.1, 0.15) is 50.7 Å². The number of benzene rings is 2. The molecular weight excluding hydrogens is 651 g/mol. The molecule has 1 aliphatic rings. The van der Waals surface area contributed by atoms with Gasteiger partial charge in [0.15, 0.2) is 0 Å². The van der Waals surface area contributed by atoms with E-state index in [4.69, 9.17) is 24.3 Å². The lowest BCUT2D eigenvalue weighted by molar-refractivity contribution is 0.0210. The molecule has 0 bridgehead atoms. The zero-order valence-electron chi connectivity index (χ0n) is 29.0. The molecule has 1 unspecified atom stereocenters. The van der Waals surface area contributed by atoms with E-state index in [-0.39, 0.29) is 42.6 Å². The van der Waals surface area contributed by atoms with Gasteiger partial charge in [-0.1, -0.05) is 37.8 Å². The molecule has 4 aromatic rings. The number of aromatic nitrogens is 4. The van der Waals surface area contributed by atoms with Crippen LogP contribution in [0.15, 0.2) is 41.2 Å². The second kappa shape index (κ2) is 14.6. The number of alkyl halides is 2. The van der Waals surface area contributed by atoms with Gasteiger partial charge in [-0.3, -0.25) is 4.79 Å². The van der Waals surface area contributed by atoms with Crippen molar-refractivity contribution in [1.29, 1.82) is 5.26 Å². The number of ether oxygens (including phenoxy) is 3. The summed E-state index contributed by atoms with van der Waals surface area (Å²) < 4.78 is 46.3. The average Bonchev–Trinajstić information content (AvgIpc) is 3.62. The van der Waals surface area contributed by atoms with Gasteiger partial charge in [-0.2, -0.15) is 10.4 Å². The predicted octanol–water partition coefficient (Wildman–Crippen LogP) is 6.56. The smallest absolute Gasteiger partial charge is 0.410 e. The Hall–Kier alpha value is -4.35. The summed E-state index contributed by atoms with van der Waals surface area (Å²) in [6, 6.07) is 13.0. The molecule has 0 N–H and O–H groups in total. The SMILES string of the molecule is CC(C)(C)OC(=O)N1CCCC1Cn1nc(Cc2nc3cc(OCC(F)F)c(C#N)cc3n2COCC[Si](C)(C)C)c2ccccc2c1=O. The van der Waals surface area contributed by atoms with E-state index < -0.39 is 32.8 Å². The van der Waals surface area contributed by atoms with E-state index in [9.17, 15) is 23.6 Å². The van der Waals surface area contributed by atoms with Crippen LogP contribution in [-0.4, -0.2) is 76.2 Å². The summed E-state index contributed by atoms with van der Waals surface area (Å²) in [5.41, 5.74) is 0.807. The van der Waals surface area contributed by atoms with E-state index in [2.05, 4.69) is 19.6 Å². The maximum atomic E-state index is 13.7. The third kappa shape index (κ3) is 8.82. The van der Waals surface area contributed by atoms with Crippen LogP contribution in [-0.2, 0) is 29.2 Å². The number of imidazole rings is 1. The van der Waals surface area contributed by atoms with Crippen molar-refractivity contribution in [3.8, 4) is 11.8 Å². The molecule has 11 nitrogen and oxygen atoms in total. The zero-order valence-corrected chi connectivity index (χ0v) is 30.0. The van der Waals surface area contributed by atoms with E-state index >= 15 is 0 Å². The molecule has 49 heavy (non-hydrogen) atoms. The third-order valence-corrected chi connectivity index (χ3v) is 9.99. The Morgan fingerprint density at radius 2 is 1.90 bits per heavy atom. The van der Waals surface area contributed by atoms with Crippen LogP contribution < -0.4 is 10.3 Å². The van der Waals surface area contributed by atoms with Crippen molar-refractivity contribution < 1.29 is 27.8 Å². The lowest BCUT2D eigenvalue weighted by Crippen LogP contribution is -2.43. The molecule has 1 fully saturated rings. The quantitative estimate of drug-likeness (QED) is 0.121. The van der Waals surface area contributed by atoms with Gasteiger partial charge in [0.25, 0.3) is 12.0 Å². The highest BCUT2D eigenvalue weighted by Gasteiger charge is 2.33. The van der Waals surface area contributed by atoms with Crippen molar-refractivity contribution >= 4 is 36.0 Å². The Kier molecular flexibility index (Phi) is 10.7. The van der Waals surface area contributed by atoms with E-state index in [0.29, 0.717) is 52.9 Å². The summed E-state index contributed by atoms with van der Waals surface area (Å²) in [5.74, 6) is 0.575. The second-order valence-corrected chi connectivity index (χ2v) is 20.2. The Labute approximate surface area is 285 Å². The highest BCUT2D eigenvalue weighted by Crippen LogP contribution is 2.29. The standard InChI is InChI=1S/C35H44F2N6O5Si/c1-35(2,3)48-34(45)41-13-9-10-24(41)20-43-33(44)26-12-8-7-11-25(26)27(40-43)18-32-39-28-17-30(47-21-31(36)37)23(19-38)16-29(28)42(32)22-46-14-15-49(4,5)6/h7-8,11-12,16-17,24,31H,9-10,13-15,18,20-22H2,1-6H3. The summed E-state index contributed by atoms with van der Waals surface area (Å²) in [6.07, 6.45) is -1.43. The number of halogens is 2. The molecule has 1 aliphatic heterocycles. The molecule has 0 radical (unpaired) electrons. The van der Waals surface area contributed by atoms with Crippen LogP contribution in [0.3, 0.4) is 0 Å². The van der Waals surface area contributed by atoms with Crippen molar-refractivity contribution in [2.75, 3.05) is 19.8 Å². The minimum atomic E-state index is -2.70. The molecule has 2 aromatic carbocycles. The van der Waals surface area contributed by atoms with E-state index in [1.54, 1.807) is 23.1 Å².